The molecule has 0 radical (unpaired) electrons. The Labute approximate surface area is 109 Å². The van der Waals surface area contributed by atoms with Gasteiger partial charge in [-0.1, -0.05) is 11.6 Å². The normalized spacial score (nSPS) is 10.7. The Balaban J connectivity index is 2.29. The molecule has 0 N–H and O–H groups in total. The first kappa shape index (κ1) is 11.0. The molecule has 0 saturated heterocycles. The number of carbonyl (C=O) groups excluding carboxylic acids is 1. The maximum absolute atomic E-state index is 11.1. The minimum absolute atomic E-state index is 0.655. The van der Waals surface area contributed by atoms with Crippen molar-refractivity contribution in [3.63, 3.8) is 0 Å². The molecule has 0 bridgehead atoms. The van der Waals surface area contributed by atoms with E-state index in [9.17, 15) is 4.79 Å². The smallest absolute Gasteiger partial charge is 0.152 e. The fraction of sp³-hybridized carbons (Fsp3) is 0. The molecule has 0 saturated carbocycles. The second kappa shape index (κ2) is 4.27. The van der Waals surface area contributed by atoms with Crippen molar-refractivity contribution in [3.05, 3.63) is 59.5 Å². The first-order valence-corrected chi connectivity index (χ1v) is 5.83. The van der Waals surface area contributed by atoms with Crippen LogP contribution in [0, 0.1) is 0 Å². The third-order valence-corrected chi connectivity index (χ3v) is 3.12. The van der Waals surface area contributed by atoms with Crippen LogP contribution in [0.5, 0.6) is 0 Å². The Morgan fingerprint density at radius 3 is 2.67 bits per heavy atom. The molecule has 2 aromatic heterocycles. The van der Waals surface area contributed by atoms with Gasteiger partial charge >= 0.3 is 0 Å². The van der Waals surface area contributed by atoms with E-state index in [2.05, 4.69) is 4.98 Å². The number of benzene rings is 1. The van der Waals surface area contributed by atoms with Crippen molar-refractivity contribution in [1.82, 2.24) is 9.55 Å². The van der Waals surface area contributed by atoms with Gasteiger partial charge in [0.2, 0.25) is 0 Å². The third kappa shape index (κ3) is 1.69. The third-order valence-electron chi connectivity index (χ3n) is 2.87. The zero-order valence-electron chi connectivity index (χ0n) is 9.38. The molecule has 0 fully saturated rings. The van der Waals surface area contributed by atoms with Crippen molar-refractivity contribution < 1.29 is 4.79 Å². The summed E-state index contributed by atoms with van der Waals surface area (Å²) in [6.45, 7) is 0. The Hall–Kier alpha value is -2.13. The van der Waals surface area contributed by atoms with Crippen molar-refractivity contribution in [3.8, 4) is 5.69 Å². The van der Waals surface area contributed by atoms with E-state index in [1.807, 2.05) is 41.1 Å². The highest BCUT2D eigenvalue weighted by Crippen LogP contribution is 2.23. The Kier molecular flexibility index (Phi) is 2.61. The van der Waals surface area contributed by atoms with Gasteiger partial charge in [0.25, 0.3) is 0 Å². The Morgan fingerprint density at radius 2 is 1.94 bits per heavy atom. The lowest BCUT2D eigenvalue weighted by Crippen LogP contribution is -1.91. The van der Waals surface area contributed by atoms with Crippen LogP contribution in [0.15, 0.2) is 48.9 Å². The summed E-state index contributed by atoms with van der Waals surface area (Å²) >= 11 is 5.87. The van der Waals surface area contributed by atoms with Crippen LogP contribution in [0.2, 0.25) is 5.02 Å². The number of halogens is 1. The van der Waals surface area contributed by atoms with Gasteiger partial charge in [0.05, 0.1) is 11.7 Å². The van der Waals surface area contributed by atoms with Gasteiger partial charge in [-0.2, -0.15) is 0 Å². The summed E-state index contributed by atoms with van der Waals surface area (Å²) in [7, 11) is 0. The number of pyridine rings is 1. The average molecular weight is 257 g/mol. The highest BCUT2D eigenvalue weighted by atomic mass is 35.5. The molecule has 0 unspecified atom stereocenters. The maximum atomic E-state index is 11.1. The molecule has 4 heteroatoms. The van der Waals surface area contributed by atoms with Crippen LogP contribution in [-0.2, 0) is 0 Å². The highest BCUT2D eigenvalue weighted by molar-refractivity contribution is 6.30. The van der Waals surface area contributed by atoms with Crippen LogP contribution in [-0.4, -0.2) is 15.8 Å². The molecule has 0 atom stereocenters. The monoisotopic (exact) mass is 256 g/mol. The van der Waals surface area contributed by atoms with Crippen LogP contribution in [0.3, 0.4) is 0 Å². The molecule has 2 heterocycles. The van der Waals surface area contributed by atoms with Crippen molar-refractivity contribution in [2.45, 2.75) is 0 Å². The first-order chi connectivity index (χ1) is 8.79. The number of carbonyl (C=O) groups is 1. The highest BCUT2D eigenvalue weighted by Gasteiger charge is 2.08. The van der Waals surface area contributed by atoms with Crippen LogP contribution < -0.4 is 0 Å². The lowest BCUT2D eigenvalue weighted by atomic mass is 10.2. The van der Waals surface area contributed by atoms with Gasteiger partial charge in [0.1, 0.15) is 0 Å². The van der Waals surface area contributed by atoms with Gasteiger partial charge < -0.3 is 4.57 Å². The van der Waals surface area contributed by atoms with Gasteiger partial charge in [-0.3, -0.25) is 9.78 Å². The number of hydrogen-bond donors (Lipinski definition) is 0. The maximum Gasteiger partial charge on any atom is 0.152 e. The summed E-state index contributed by atoms with van der Waals surface area (Å²) in [4.78, 5) is 15.2. The van der Waals surface area contributed by atoms with E-state index in [0.717, 1.165) is 22.9 Å². The molecular weight excluding hydrogens is 248 g/mol. The SMILES string of the molecule is O=Cc1cn(-c2ccc(Cl)cc2)c2cnccc12. The van der Waals surface area contributed by atoms with Gasteiger partial charge in [-0.15, -0.1) is 0 Å². The fourth-order valence-corrected chi connectivity index (χ4v) is 2.14. The van der Waals surface area contributed by atoms with E-state index in [4.69, 9.17) is 11.6 Å². The van der Waals surface area contributed by atoms with Gasteiger partial charge in [-0.05, 0) is 30.3 Å². The molecule has 0 aliphatic rings. The van der Waals surface area contributed by atoms with Crippen molar-refractivity contribution in [1.29, 1.82) is 0 Å². The zero-order chi connectivity index (χ0) is 12.5. The lowest BCUT2D eigenvalue weighted by molar-refractivity contribution is 0.112. The predicted octanol–water partition coefficient (Wildman–Crippen LogP) is 3.49. The quantitative estimate of drug-likeness (QED) is 0.658. The molecule has 1 aromatic carbocycles. The molecule has 3 rings (SSSR count). The first-order valence-electron chi connectivity index (χ1n) is 5.46. The van der Waals surface area contributed by atoms with Gasteiger partial charge in [-0.25, -0.2) is 0 Å². The largest absolute Gasteiger partial charge is 0.314 e. The van der Waals surface area contributed by atoms with E-state index < -0.39 is 0 Å². The van der Waals surface area contributed by atoms with E-state index in [1.165, 1.54) is 0 Å². The van der Waals surface area contributed by atoms with E-state index in [-0.39, 0.29) is 0 Å². The fourth-order valence-electron chi connectivity index (χ4n) is 2.01. The standard InChI is InChI=1S/C14H9ClN2O/c15-11-1-3-12(4-2-11)17-8-10(9-18)13-5-6-16-7-14(13)17/h1-9H. The average Bonchev–Trinajstić information content (AvgIpc) is 2.79. The number of fused-ring (bicyclic) bond motifs is 1. The summed E-state index contributed by atoms with van der Waals surface area (Å²) in [6, 6.07) is 9.29. The number of nitrogens with zero attached hydrogens (tertiary/aromatic N) is 2. The molecular formula is C14H9ClN2O. The summed E-state index contributed by atoms with van der Waals surface area (Å²) in [5.41, 5.74) is 2.51. The molecule has 3 nitrogen and oxygen atoms in total. The second-order valence-corrected chi connectivity index (χ2v) is 4.38. The van der Waals surface area contributed by atoms with Gasteiger partial charge in [0, 0.05) is 34.1 Å². The number of aldehydes is 1. The summed E-state index contributed by atoms with van der Waals surface area (Å²) in [5, 5.41) is 1.58. The van der Waals surface area contributed by atoms with E-state index in [1.54, 1.807) is 12.4 Å². The molecule has 0 aliphatic carbocycles. The molecule has 88 valence electrons. The second-order valence-electron chi connectivity index (χ2n) is 3.94. The van der Waals surface area contributed by atoms with E-state index >= 15 is 0 Å². The number of hydrogen-bond acceptors (Lipinski definition) is 2. The van der Waals surface area contributed by atoms with Crippen molar-refractivity contribution in [2.24, 2.45) is 0 Å². The van der Waals surface area contributed by atoms with Crippen LogP contribution in [0.1, 0.15) is 10.4 Å². The molecule has 0 amide bonds. The van der Waals surface area contributed by atoms with Crippen LogP contribution in [0.4, 0.5) is 0 Å². The molecule has 0 aliphatic heterocycles. The van der Waals surface area contributed by atoms with E-state index in [0.29, 0.717) is 10.6 Å². The number of rotatable bonds is 2. The van der Waals surface area contributed by atoms with Crippen molar-refractivity contribution >= 4 is 28.8 Å². The lowest BCUT2D eigenvalue weighted by Gasteiger charge is -2.04. The predicted molar refractivity (Wildman–Crippen MR) is 71.5 cm³/mol. The molecule has 18 heavy (non-hydrogen) atoms. The zero-order valence-corrected chi connectivity index (χ0v) is 10.1. The Bertz CT molecular complexity index is 716. The summed E-state index contributed by atoms with van der Waals surface area (Å²) in [6.07, 6.45) is 6.09. The Morgan fingerprint density at radius 1 is 1.17 bits per heavy atom. The number of aromatic nitrogens is 2. The minimum Gasteiger partial charge on any atom is -0.314 e. The molecule has 0 spiro atoms. The van der Waals surface area contributed by atoms with Crippen molar-refractivity contribution in [2.75, 3.05) is 0 Å². The van der Waals surface area contributed by atoms with Crippen LogP contribution in [0.25, 0.3) is 16.6 Å². The van der Waals surface area contributed by atoms with Crippen LogP contribution >= 0.6 is 11.6 Å². The minimum atomic E-state index is 0.655. The summed E-state index contributed by atoms with van der Waals surface area (Å²) < 4.78 is 1.93. The topological polar surface area (TPSA) is 34.9 Å². The molecule has 3 aromatic rings. The van der Waals surface area contributed by atoms with Gasteiger partial charge in [0.15, 0.2) is 6.29 Å². The summed E-state index contributed by atoms with van der Waals surface area (Å²) in [5.74, 6) is 0.